The van der Waals surface area contributed by atoms with E-state index in [4.69, 9.17) is 10.8 Å². The highest BCUT2D eigenvalue weighted by Gasteiger charge is 2.13. The van der Waals surface area contributed by atoms with Crippen LogP contribution < -0.4 is 5.73 Å². The van der Waals surface area contributed by atoms with E-state index in [1.165, 1.54) is 0 Å². The molecular weight excluding hydrogens is 218 g/mol. The summed E-state index contributed by atoms with van der Waals surface area (Å²) in [4.78, 5) is 17.8. The molecule has 1 aromatic heterocycles. The van der Waals surface area contributed by atoms with E-state index >= 15 is 0 Å². The molecule has 0 saturated heterocycles. The topological polar surface area (TPSA) is 92.0 Å². The van der Waals surface area contributed by atoms with Crippen molar-refractivity contribution < 1.29 is 9.90 Å². The highest BCUT2D eigenvalue weighted by molar-refractivity contribution is 6.14. The summed E-state index contributed by atoms with van der Waals surface area (Å²) in [6.07, 6.45) is 2.60. The molecule has 17 heavy (non-hydrogen) atoms. The Hall–Kier alpha value is -2.56. The Kier molecular flexibility index (Phi) is 2.91. The molecular formula is C12H11N3O2. The average molecular weight is 229 g/mol. The molecule has 2 aromatic rings. The predicted molar refractivity (Wildman–Crippen MR) is 63.8 cm³/mol. The van der Waals surface area contributed by atoms with E-state index in [0.29, 0.717) is 0 Å². The highest BCUT2D eigenvalue weighted by Crippen LogP contribution is 2.19. The molecule has 5 heteroatoms. The number of aliphatic carboxylic acids is 1. The van der Waals surface area contributed by atoms with Crippen LogP contribution in [-0.4, -0.2) is 21.0 Å². The molecule has 0 amide bonds. The summed E-state index contributed by atoms with van der Waals surface area (Å²) >= 11 is 0. The Morgan fingerprint density at radius 2 is 2.06 bits per heavy atom. The van der Waals surface area contributed by atoms with Crippen LogP contribution in [-0.2, 0) is 4.79 Å². The smallest absolute Gasteiger partial charge is 0.340 e. The number of benzene rings is 1. The summed E-state index contributed by atoms with van der Waals surface area (Å²) in [7, 11) is 0. The second kappa shape index (κ2) is 4.52. The quantitative estimate of drug-likeness (QED) is 0.695. The van der Waals surface area contributed by atoms with Crippen molar-refractivity contribution in [3.05, 3.63) is 48.6 Å². The summed E-state index contributed by atoms with van der Waals surface area (Å²) in [5.74, 6) is -0.861. The van der Waals surface area contributed by atoms with Crippen LogP contribution in [0.4, 0.5) is 0 Å². The monoisotopic (exact) mass is 229 g/mol. The molecule has 1 aromatic carbocycles. The maximum Gasteiger partial charge on any atom is 0.340 e. The zero-order valence-electron chi connectivity index (χ0n) is 8.92. The molecule has 0 aliphatic carbocycles. The number of imidazole rings is 1. The lowest BCUT2D eigenvalue weighted by Gasteiger charge is -1.97. The van der Waals surface area contributed by atoms with Crippen LogP contribution in [0.1, 0.15) is 5.82 Å². The molecule has 0 saturated carbocycles. The van der Waals surface area contributed by atoms with Crippen molar-refractivity contribution in [2.45, 2.75) is 0 Å². The molecule has 0 fully saturated rings. The fourth-order valence-corrected chi connectivity index (χ4v) is 1.47. The minimum absolute atomic E-state index is 0.0489. The van der Waals surface area contributed by atoms with Crippen molar-refractivity contribution in [3.63, 3.8) is 0 Å². The number of aromatic nitrogens is 2. The van der Waals surface area contributed by atoms with Crippen molar-refractivity contribution >= 4 is 11.5 Å². The molecule has 1 heterocycles. The molecule has 2 rings (SSSR count). The third-order valence-corrected chi connectivity index (χ3v) is 2.31. The highest BCUT2D eigenvalue weighted by atomic mass is 16.4. The SMILES string of the molecule is NC=C(C(=O)O)c1ncc(-c2ccccc2)[nH]1. The Morgan fingerprint density at radius 1 is 1.35 bits per heavy atom. The van der Waals surface area contributed by atoms with E-state index < -0.39 is 5.97 Å². The van der Waals surface area contributed by atoms with Crippen LogP contribution in [0, 0.1) is 0 Å². The van der Waals surface area contributed by atoms with E-state index in [-0.39, 0.29) is 11.4 Å². The summed E-state index contributed by atoms with van der Waals surface area (Å²) in [5.41, 5.74) is 6.89. The minimum atomic E-state index is -1.11. The number of nitrogens with zero attached hydrogens (tertiary/aromatic N) is 1. The number of nitrogens with one attached hydrogen (secondary N) is 1. The van der Waals surface area contributed by atoms with Crippen molar-refractivity contribution in [3.8, 4) is 11.3 Å². The number of aromatic amines is 1. The number of rotatable bonds is 3. The molecule has 0 unspecified atom stereocenters. The summed E-state index contributed by atoms with van der Waals surface area (Å²) in [6.45, 7) is 0. The fraction of sp³-hybridized carbons (Fsp3) is 0. The number of nitrogens with two attached hydrogens (primary N) is 1. The van der Waals surface area contributed by atoms with Crippen LogP contribution in [0.15, 0.2) is 42.7 Å². The van der Waals surface area contributed by atoms with Gasteiger partial charge in [-0.1, -0.05) is 30.3 Å². The van der Waals surface area contributed by atoms with E-state index in [1.807, 2.05) is 30.3 Å². The second-order valence-corrected chi connectivity index (χ2v) is 3.40. The summed E-state index contributed by atoms with van der Waals surface area (Å²) < 4.78 is 0. The van der Waals surface area contributed by atoms with Gasteiger partial charge in [-0.15, -0.1) is 0 Å². The van der Waals surface area contributed by atoms with Crippen LogP contribution in [0.5, 0.6) is 0 Å². The molecule has 86 valence electrons. The summed E-state index contributed by atoms with van der Waals surface area (Å²) in [5, 5.41) is 8.90. The molecule has 5 nitrogen and oxygen atoms in total. The number of carbonyl (C=O) groups is 1. The first-order valence-electron chi connectivity index (χ1n) is 4.98. The van der Waals surface area contributed by atoms with Crippen molar-refractivity contribution in [1.82, 2.24) is 9.97 Å². The average Bonchev–Trinajstić information content (AvgIpc) is 2.80. The van der Waals surface area contributed by atoms with Crippen molar-refractivity contribution in [1.29, 1.82) is 0 Å². The molecule has 0 radical (unpaired) electrons. The third-order valence-electron chi connectivity index (χ3n) is 2.31. The Balaban J connectivity index is 2.37. The van der Waals surface area contributed by atoms with Crippen molar-refractivity contribution in [2.75, 3.05) is 0 Å². The van der Waals surface area contributed by atoms with E-state index in [2.05, 4.69) is 9.97 Å². The first-order valence-corrected chi connectivity index (χ1v) is 4.98. The van der Waals surface area contributed by atoms with Gasteiger partial charge in [-0.25, -0.2) is 9.78 Å². The van der Waals surface area contributed by atoms with E-state index in [1.54, 1.807) is 6.20 Å². The fourth-order valence-electron chi connectivity index (χ4n) is 1.47. The van der Waals surface area contributed by atoms with Gasteiger partial charge in [0, 0.05) is 6.20 Å². The predicted octanol–water partition coefficient (Wildman–Crippen LogP) is 1.46. The van der Waals surface area contributed by atoms with Gasteiger partial charge < -0.3 is 15.8 Å². The first kappa shape index (κ1) is 10.9. The first-order chi connectivity index (χ1) is 8.22. The minimum Gasteiger partial charge on any atom is -0.478 e. The molecule has 4 N–H and O–H groups in total. The van der Waals surface area contributed by atoms with Gasteiger partial charge in [0.2, 0.25) is 0 Å². The van der Waals surface area contributed by atoms with Gasteiger partial charge in [-0.3, -0.25) is 0 Å². The van der Waals surface area contributed by atoms with Crippen LogP contribution in [0.25, 0.3) is 16.8 Å². The summed E-state index contributed by atoms with van der Waals surface area (Å²) in [6, 6.07) is 9.51. The Morgan fingerprint density at radius 3 is 2.65 bits per heavy atom. The number of hydrogen-bond acceptors (Lipinski definition) is 3. The molecule has 0 spiro atoms. The van der Waals surface area contributed by atoms with Gasteiger partial charge in [0.25, 0.3) is 0 Å². The maximum absolute atomic E-state index is 10.9. The molecule has 0 aliphatic rings. The lowest BCUT2D eigenvalue weighted by molar-refractivity contribution is -0.130. The van der Waals surface area contributed by atoms with Crippen LogP contribution in [0.3, 0.4) is 0 Å². The van der Waals surface area contributed by atoms with Crippen LogP contribution in [0.2, 0.25) is 0 Å². The van der Waals surface area contributed by atoms with Gasteiger partial charge in [-0.05, 0) is 5.56 Å². The molecule has 0 aliphatic heterocycles. The third kappa shape index (κ3) is 2.17. The van der Waals surface area contributed by atoms with E-state index in [0.717, 1.165) is 17.5 Å². The van der Waals surface area contributed by atoms with Crippen molar-refractivity contribution in [2.24, 2.45) is 5.73 Å². The zero-order valence-corrected chi connectivity index (χ0v) is 8.92. The Labute approximate surface area is 97.6 Å². The molecule has 0 bridgehead atoms. The van der Waals surface area contributed by atoms with Gasteiger partial charge in [0.05, 0.1) is 11.9 Å². The van der Waals surface area contributed by atoms with Gasteiger partial charge >= 0.3 is 5.97 Å². The lowest BCUT2D eigenvalue weighted by atomic mass is 10.2. The van der Waals surface area contributed by atoms with Gasteiger partial charge in [-0.2, -0.15) is 0 Å². The number of carboxylic acids is 1. The van der Waals surface area contributed by atoms with Crippen LogP contribution >= 0.6 is 0 Å². The Bertz CT molecular complexity index is 558. The lowest BCUT2D eigenvalue weighted by Crippen LogP contribution is -2.03. The number of carboxylic acid groups (broad SMARTS) is 1. The van der Waals surface area contributed by atoms with Gasteiger partial charge in [0.1, 0.15) is 11.4 Å². The molecule has 0 atom stereocenters. The second-order valence-electron chi connectivity index (χ2n) is 3.40. The van der Waals surface area contributed by atoms with E-state index in [9.17, 15) is 4.79 Å². The number of hydrogen-bond donors (Lipinski definition) is 3. The standard InChI is InChI=1S/C12H11N3O2/c13-6-9(12(16)17)11-14-7-10(15-11)8-4-2-1-3-5-8/h1-7H,13H2,(H,14,15)(H,16,17). The maximum atomic E-state index is 10.9. The number of H-pyrrole nitrogens is 1. The normalized spacial score (nSPS) is 11.4. The largest absolute Gasteiger partial charge is 0.478 e. The van der Waals surface area contributed by atoms with Gasteiger partial charge in [0.15, 0.2) is 0 Å². The zero-order chi connectivity index (χ0) is 12.3.